The van der Waals surface area contributed by atoms with Crippen LogP contribution >= 0.6 is 0 Å². The van der Waals surface area contributed by atoms with Gasteiger partial charge in [-0.3, -0.25) is 4.79 Å². The lowest BCUT2D eigenvalue weighted by molar-refractivity contribution is -0.121. The Morgan fingerprint density at radius 1 is 1.15 bits per heavy atom. The Bertz CT molecular complexity index is 570. The van der Waals surface area contributed by atoms with Gasteiger partial charge < -0.3 is 5.32 Å². The van der Waals surface area contributed by atoms with Gasteiger partial charge in [-0.25, -0.2) is 21.1 Å². The summed E-state index contributed by atoms with van der Waals surface area (Å²) in [4.78, 5) is 11.7. The number of nitrogens with zero attached hydrogens (tertiary/aromatic N) is 1. The number of carbonyl (C=O) groups is 1. The second-order valence-corrected chi connectivity index (χ2v) is 9.66. The fourth-order valence-electron chi connectivity index (χ4n) is 2.53. The first-order valence-electron chi connectivity index (χ1n) is 6.76. The predicted octanol–water partition coefficient (Wildman–Crippen LogP) is -0.895. The second-order valence-electron chi connectivity index (χ2n) is 5.34. The molecule has 9 heteroatoms. The Kier molecular flexibility index (Phi) is 4.70. The summed E-state index contributed by atoms with van der Waals surface area (Å²) in [6.07, 6.45) is 2.01. The maximum Gasteiger partial charge on any atom is 0.221 e. The smallest absolute Gasteiger partial charge is 0.221 e. The van der Waals surface area contributed by atoms with Gasteiger partial charge in [0.1, 0.15) is 0 Å². The Labute approximate surface area is 119 Å². The summed E-state index contributed by atoms with van der Waals surface area (Å²) in [6, 6.07) is -0.328. The number of rotatable bonds is 4. The van der Waals surface area contributed by atoms with Crippen LogP contribution in [0.4, 0.5) is 0 Å². The van der Waals surface area contributed by atoms with E-state index in [-0.39, 0.29) is 42.2 Å². The third-order valence-electron chi connectivity index (χ3n) is 3.64. The van der Waals surface area contributed by atoms with Gasteiger partial charge in [-0.1, -0.05) is 0 Å². The SMILES string of the molecule is O=C(CCN1CCCCS1(=O)=O)NC1CCS(=O)(=O)C1. The highest BCUT2D eigenvalue weighted by molar-refractivity contribution is 7.91. The van der Waals surface area contributed by atoms with Crippen LogP contribution in [0.1, 0.15) is 25.7 Å². The van der Waals surface area contributed by atoms with Crippen molar-refractivity contribution in [3.63, 3.8) is 0 Å². The van der Waals surface area contributed by atoms with Gasteiger partial charge >= 0.3 is 0 Å². The lowest BCUT2D eigenvalue weighted by atomic mass is 10.2. The van der Waals surface area contributed by atoms with Crippen molar-refractivity contribution >= 4 is 25.8 Å². The lowest BCUT2D eigenvalue weighted by Gasteiger charge is -2.26. The third kappa shape index (κ3) is 4.16. The zero-order chi connectivity index (χ0) is 14.8. The fourth-order valence-corrected chi connectivity index (χ4v) is 5.80. The molecule has 0 aromatic carbocycles. The first kappa shape index (κ1) is 15.7. The topological polar surface area (TPSA) is 101 Å². The van der Waals surface area contributed by atoms with Crippen LogP contribution in [0.2, 0.25) is 0 Å². The van der Waals surface area contributed by atoms with Crippen LogP contribution in [0.5, 0.6) is 0 Å². The first-order chi connectivity index (χ1) is 9.28. The summed E-state index contributed by atoms with van der Waals surface area (Å²) in [5.74, 6) is -0.0396. The van der Waals surface area contributed by atoms with E-state index in [0.717, 1.165) is 6.42 Å². The van der Waals surface area contributed by atoms with Gasteiger partial charge in [-0.05, 0) is 19.3 Å². The van der Waals surface area contributed by atoms with Gasteiger partial charge in [0.25, 0.3) is 0 Å². The normalized spacial score (nSPS) is 29.1. The van der Waals surface area contributed by atoms with Crippen LogP contribution < -0.4 is 5.32 Å². The summed E-state index contributed by atoms with van der Waals surface area (Å²) in [5, 5.41) is 2.66. The van der Waals surface area contributed by atoms with E-state index in [4.69, 9.17) is 0 Å². The van der Waals surface area contributed by atoms with Gasteiger partial charge in [0.15, 0.2) is 9.84 Å². The maximum absolute atomic E-state index is 11.7. The highest BCUT2D eigenvalue weighted by Crippen LogP contribution is 2.14. The number of amides is 1. The molecular weight excluding hydrogens is 304 g/mol. The number of sulfone groups is 1. The molecule has 2 aliphatic rings. The zero-order valence-corrected chi connectivity index (χ0v) is 12.9. The van der Waals surface area contributed by atoms with Crippen LogP contribution in [0.3, 0.4) is 0 Å². The molecule has 2 aliphatic heterocycles. The largest absolute Gasteiger partial charge is 0.352 e. The molecule has 1 N–H and O–H groups in total. The van der Waals surface area contributed by atoms with Crippen molar-refractivity contribution in [1.82, 2.24) is 9.62 Å². The molecule has 2 heterocycles. The van der Waals surface area contributed by atoms with E-state index in [1.54, 1.807) is 0 Å². The highest BCUT2D eigenvalue weighted by Gasteiger charge is 2.30. The molecule has 2 rings (SSSR count). The second kappa shape index (κ2) is 5.98. The molecular formula is C11H20N2O5S2. The number of hydrogen-bond acceptors (Lipinski definition) is 5. The Hall–Kier alpha value is -0.670. The van der Waals surface area contributed by atoms with Crippen molar-refractivity contribution in [3.05, 3.63) is 0 Å². The van der Waals surface area contributed by atoms with E-state index >= 15 is 0 Å². The molecule has 0 bridgehead atoms. The number of nitrogens with one attached hydrogen (secondary N) is 1. The molecule has 1 atom stereocenters. The number of carbonyl (C=O) groups excluding carboxylic acids is 1. The molecule has 0 aromatic heterocycles. The molecule has 1 amide bonds. The Morgan fingerprint density at radius 2 is 1.90 bits per heavy atom. The average molecular weight is 324 g/mol. The minimum atomic E-state index is -3.21. The van der Waals surface area contributed by atoms with Crippen molar-refractivity contribution in [3.8, 4) is 0 Å². The van der Waals surface area contributed by atoms with Crippen LogP contribution in [-0.4, -0.2) is 63.4 Å². The minimum absolute atomic E-state index is 0.0131. The van der Waals surface area contributed by atoms with Crippen molar-refractivity contribution in [2.24, 2.45) is 0 Å². The van der Waals surface area contributed by atoms with Gasteiger partial charge in [-0.2, -0.15) is 0 Å². The Balaban J connectivity index is 1.78. The van der Waals surface area contributed by atoms with Crippen LogP contribution in [0.15, 0.2) is 0 Å². The monoisotopic (exact) mass is 324 g/mol. The van der Waals surface area contributed by atoms with Crippen molar-refractivity contribution < 1.29 is 21.6 Å². The summed E-state index contributed by atoms with van der Waals surface area (Å²) < 4.78 is 47.4. The fraction of sp³-hybridized carbons (Fsp3) is 0.909. The van der Waals surface area contributed by atoms with Gasteiger partial charge in [0, 0.05) is 25.6 Å². The zero-order valence-electron chi connectivity index (χ0n) is 11.2. The van der Waals surface area contributed by atoms with E-state index in [1.807, 2.05) is 0 Å². The summed E-state index contributed by atoms with van der Waals surface area (Å²) >= 11 is 0. The van der Waals surface area contributed by atoms with Crippen LogP contribution in [0.25, 0.3) is 0 Å². The van der Waals surface area contributed by atoms with E-state index in [2.05, 4.69) is 5.32 Å². The maximum atomic E-state index is 11.7. The highest BCUT2D eigenvalue weighted by atomic mass is 32.2. The van der Waals surface area contributed by atoms with Gasteiger partial charge in [0.2, 0.25) is 15.9 Å². The van der Waals surface area contributed by atoms with E-state index in [1.165, 1.54) is 4.31 Å². The third-order valence-corrected chi connectivity index (χ3v) is 7.36. The molecule has 0 radical (unpaired) electrons. The molecule has 0 saturated carbocycles. The minimum Gasteiger partial charge on any atom is -0.352 e. The molecule has 7 nitrogen and oxygen atoms in total. The van der Waals surface area contributed by atoms with Gasteiger partial charge in [0.05, 0.1) is 17.3 Å². The van der Waals surface area contributed by atoms with Crippen molar-refractivity contribution in [2.75, 3.05) is 30.3 Å². The molecule has 2 fully saturated rings. The molecule has 116 valence electrons. The average Bonchev–Trinajstić information content (AvgIpc) is 2.66. The standard InChI is InChI=1S/C11H20N2O5S2/c14-11(12-10-4-8-19(15,16)9-10)3-6-13-5-1-2-7-20(13,17)18/h10H,1-9H2,(H,12,14). The van der Waals surface area contributed by atoms with E-state index in [9.17, 15) is 21.6 Å². The summed E-state index contributed by atoms with van der Waals surface area (Å²) in [7, 11) is -6.22. The summed E-state index contributed by atoms with van der Waals surface area (Å²) in [5.41, 5.74) is 0. The van der Waals surface area contributed by atoms with E-state index < -0.39 is 19.9 Å². The van der Waals surface area contributed by atoms with Crippen LogP contribution in [0, 0.1) is 0 Å². The number of sulfonamides is 1. The number of hydrogen-bond donors (Lipinski definition) is 1. The quantitative estimate of drug-likeness (QED) is 0.723. The molecule has 2 saturated heterocycles. The molecule has 0 spiro atoms. The van der Waals surface area contributed by atoms with Gasteiger partial charge in [-0.15, -0.1) is 0 Å². The molecule has 20 heavy (non-hydrogen) atoms. The lowest BCUT2D eigenvalue weighted by Crippen LogP contribution is -2.41. The van der Waals surface area contributed by atoms with Crippen LogP contribution in [-0.2, 0) is 24.7 Å². The predicted molar refractivity (Wildman–Crippen MR) is 74.4 cm³/mol. The van der Waals surface area contributed by atoms with Crippen molar-refractivity contribution in [2.45, 2.75) is 31.7 Å². The molecule has 1 unspecified atom stereocenters. The van der Waals surface area contributed by atoms with E-state index in [0.29, 0.717) is 19.4 Å². The first-order valence-corrected chi connectivity index (χ1v) is 10.2. The Morgan fingerprint density at radius 3 is 2.50 bits per heavy atom. The summed E-state index contributed by atoms with van der Waals surface area (Å²) in [6.45, 7) is 0.640. The molecule has 0 aromatic rings. The molecule has 0 aliphatic carbocycles. The van der Waals surface area contributed by atoms with Crippen molar-refractivity contribution in [1.29, 1.82) is 0 Å².